The minimum absolute atomic E-state index is 0.497. The van der Waals surface area contributed by atoms with Crippen molar-refractivity contribution >= 4 is 11.8 Å². The monoisotopic (exact) mass is 270 g/mol. The van der Waals surface area contributed by atoms with Crippen molar-refractivity contribution in [3.63, 3.8) is 0 Å². The first-order chi connectivity index (χ1) is 8.73. The molecule has 0 aromatic rings. The molecular weight excluding hydrogens is 240 g/mol. The van der Waals surface area contributed by atoms with E-state index in [0.717, 1.165) is 6.04 Å². The molecule has 3 heteroatoms. The Morgan fingerprint density at radius 2 is 1.89 bits per heavy atom. The van der Waals surface area contributed by atoms with Gasteiger partial charge in [0.25, 0.3) is 0 Å². The highest BCUT2D eigenvalue weighted by Gasteiger charge is 2.33. The first-order valence-corrected chi connectivity index (χ1v) is 8.97. The summed E-state index contributed by atoms with van der Waals surface area (Å²) in [6, 6.07) is 0.862. The van der Waals surface area contributed by atoms with Crippen molar-refractivity contribution in [1.29, 1.82) is 0 Å². The summed E-state index contributed by atoms with van der Waals surface area (Å²) in [5.41, 5.74) is 0. The summed E-state index contributed by atoms with van der Waals surface area (Å²) >= 11 is 2.09. The highest BCUT2D eigenvalue weighted by molar-refractivity contribution is 8.00. The van der Waals surface area contributed by atoms with Gasteiger partial charge in [-0.15, -0.1) is 0 Å². The fourth-order valence-corrected chi connectivity index (χ4v) is 4.49. The van der Waals surface area contributed by atoms with E-state index in [9.17, 15) is 0 Å². The second-order valence-electron chi connectivity index (χ2n) is 6.01. The molecule has 0 N–H and O–H groups in total. The molecule has 1 atom stereocenters. The maximum Gasteiger partial charge on any atom is 0.0279 e. The van der Waals surface area contributed by atoms with Crippen molar-refractivity contribution in [2.24, 2.45) is 0 Å². The number of nitrogens with zero attached hydrogens (tertiary/aromatic N) is 2. The quantitative estimate of drug-likeness (QED) is 0.758. The minimum Gasteiger partial charge on any atom is -0.299 e. The lowest BCUT2D eigenvalue weighted by molar-refractivity contribution is 0.0441. The van der Waals surface area contributed by atoms with Gasteiger partial charge in [0.05, 0.1) is 0 Å². The van der Waals surface area contributed by atoms with Gasteiger partial charge in [0, 0.05) is 37.0 Å². The Labute approximate surface area is 117 Å². The number of hydrogen-bond donors (Lipinski definition) is 0. The summed E-state index contributed by atoms with van der Waals surface area (Å²) in [7, 11) is 0. The molecule has 2 heterocycles. The van der Waals surface area contributed by atoms with Crippen LogP contribution in [0.4, 0.5) is 0 Å². The van der Waals surface area contributed by atoms with Crippen LogP contribution < -0.4 is 0 Å². The van der Waals surface area contributed by atoms with Gasteiger partial charge in [0.2, 0.25) is 0 Å². The summed E-state index contributed by atoms with van der Waals surface area (Å²) in [5, 5.41) is 0. The van der Waals surface area contributed by atoms with Crippen LogP contribution in [0.5, 0.6) is 0 Å². The molecule has 2 nitrogen and oxygen atoms in total. The Morgan fingerprint density at radius 1 is 1.11 bits per heavy atom. The summed E-state index contributed by atoms with van der Waals surface area (Å²) in [5.74, 6) is 0. The number of rotatable bonds is 5. The lowest BCUT2D eigenvalue weighted by Gasteiger charge is -2.46. The molecule has 2 aliphatic heterocycles. The molecular formula is C15H30N2S. The largest absolute Gasteiger partial charge is 0.299 e. The van der Waals surface area contributed by atoms with Crippen molar-refractivity contribution in [1.82, 2.24) is 9.80 Å². The van der Waals surface area contributed by atoms with Crippen LogP contribution in [0.25, 0.3) is 0 Å². The molecule has 0 bridgehead atoms. The molecule has 0 aromatic carbocycles. The second kappa shape index (κ2) is 6.62. The first kappa shape index (κ1) is 14.7. The molecule has 2 aliphatic rings. The number of piperidine rings is 1. The average molecular weight is 270 g/mol. The van der Waals surface area contributed by atoms with E-state index >= 15 is 0 Å². The second-order valence-corrected chi connectivity index (χ2v) is 7.29. The maximum absolute atomic E-state index is 2.75. The molecule has 0 aromatic heterocycles. The van der Waals surface area contributed by atoms with Crippen molar-refractivity contribution in [3.8, 4) is 0 Å². The SMILES string of the molecule is CCC(CC)(CN1CCN2CCCCC2C1)SC. The maximum atomic E-state index is 2.75. The summed E-state index contributed by atoms with van der Waals surface area (Å²) in [6.07, 6.45) is 9.20. The smallest absolute Gasteiger partial charge is 0.0279 e. The van der Waals surface area contributed by atoms with Crippen molar-refractivity contribution in [2.75, 3.05) is 39.0 Å². The van der Waals surface area contributed by atoms with E-state index in [-0.39, 0.29) is 0 Å². The van der Waals surface area contributed by atoms with Gasteiger partial charge in [0.15, 0.2) is 0 Å². The van der Waals surface area contributed by atoms with Gasteiger partial charge >= 0.3 is 0 Å². The van der Waals surface area contributed by atoms with E-state index in [0.29, 0.717) is 4.75 Å². The Balaban J connectivity index is 1.90. The van der Waals surface area contributed by atoms with E-state index in [1.54, 1.807) is 0 Å². The molecule has 0 saturated carbocycles. The minimum atomic E-state index is 0.497. The third-order valence-electron chi connectivity index (χ3n) is 5.15. The molecule has 2 fully saturated rings. The van der Waals surface area contributed by atoms with Crippen LogP contribution in [0.3, 0.4) is 0 Å². The third-order valence-corrected chi connectivity index (χ3v) is 6.73. The molecule has 0 amide bonds. The number of piperazine rings is 1. The molecule has 0 radical (unpaired) electrons. The Hall–Kier alpha value is 0.270. The molecule has 0 aliphatic carbocycles. The van der Waals surface area contributed by atoms with Gasteiger partial charge in [-0.05, 0) is 38.5 Å². The van der Waals surface area contributed by atoms with Crippen LogP contribution in [0.15, 0.2) is 0 Å². The molecule has 0 spiro atoms. The highest BCUT2D eigenvalue weighted by atomic mass is 32.2. The number of hydrogen-bond acceptors (Lipinski definition) is 3. The summed E-state index contributed by atoms with van der Waals surface area (Å²) in [4.78, 5) is 5.48. The van der Waals surface area contributed by atoms with E-state index in [2.05, 4.69) is 41.7 Å². The van der Waals surface area contributed by atoms with Crippen molar-refractivity contribution < 1.29 is 0 Å². The zero-order valence-electron chi connectivity index (χ0n) is 12.5. The van der Waals surface area contributed by atoms with E-state index < -0.39 is 0 Å². The Kier molecular flexibility index (Phi) is 5.40. The molecule has 2 rings (SSSR count). The highest BCUT2D eigenvalue weighted by Crippen LogP contribution is 2.32. The summed E-state index contributed by atoms with van der Waals surface area (Å²) in [6.45, 7) is 11.3. The standard InChI is InChI=1S/C15H30N2S/c1-4-15(5-2,18-3)13-16-10-11-17-9-7-6-8-14(17)12-16/h14H,4-13H2,1-3H3. The first-order valence-electron chi connectivity index (χ1n) is 7.74. The van der Waals surface area contributed by atoms with E-state index in [1.165, 1.54) is 64.8 Å². The zero-order valence-corrected chi connectivity index (χ0v) is 13.3. The summed E-state index contributed by atoms with van der Waals surface area (Å²) < 4.78 is 0.497. The zero-order chi connectivity index (χ0) is 13.0. The lowest BCUT2D eigenvalue weighted by atomic mass is 9.97. The van der Waals surface area contributed by atoms with Gasteiger partial charge in [0.1, 0.15) is 0 Å². The topological polar surface area (TPSA) is 6.48 Å². The van der Waals surface area contributed by atoms with Gasteiger partial charge in [-0.1, -0.05) is 20.3 Å². The van der Waals surface area contributed by atoms with Crippen molar-refractivity contribution in [2.45, 2.75) is 56.7 Å². The lowest BCUT2D eigenvalue weighted by Crippen LogP contribution is -2.57. The van der Waals surface area contributed by atoms with E-state index in [4.69, 9.17) is 0 Å². The van der Waals surface area contributed by atoms with E-state index in [1.807, 2.05) is 0 Å². The van der Waals surface area contributed by atoms with Crippen LogP contribution in [0.1, 0.15) is 46.0 Å². The molecule has 106 valence electrons. The van der Waals surface area contributed by atoms with Crippen molar-refractivity contribution in [3.05, 3.63) is 0 Å². The average Bonchev–Trinajstić information content (AvgIpc) is 2.45. The third kappa shape index (κ3) is 3.23. The predicted octanol–water partition coefficient (Wildman–Crippen LogP) is 3.08. The Morgan fingerprint density at radius 3 is 2.56 bits per heavy atom. The normalized spacial score (nSPS) is 27.2. The fraction of sp³-hybridized carbons (Fsp3) is 1.00. The van der Waals surface area contributed by atoms with Crippen LogP contribution in [-0.4, -0.2) is 59.6 Å². The predicted molar refractivity (Wildman–Crippen MR) is 82.5 cm³/mol. The van der Waals surface area contributed by atoms with Gasteiger partial charge in [-0.2, -0.15) is 11.8 Å². The number of fused-ring (bicyclic) bond motifs is 1. The van der Waals surface area contributed by atoms with Crippen LogP contribution >= 0.6 is 11.8 Å². The fourth-order valence-electron chi connectivity index (χ4n) is 3.60. The molecule has 2 saturated heterocycles. The molecule has 18 heavy (non-hydrogen) atoms. The Bertz CT molecular complexity index is 245. The van der Waals surface area contributed by atoms with Gasteiger partial charge in [-0.25, -0.2) is 0 Å². The van der Waals surface area contributed by atoms with Gasteiger partial charge < -0.3 is 0 Å². The van der Waals surface area contributed by atoms with Crippen LogP contribution in [-0.2, 0) is 0 Å². The number of thioether (sulfide) groups is 1. The molecule has 1 unspecified atom stereocenters. The van der Waals surface area contributed by atoms with Crippen LogP contribution in [0.2, 0.25) is 0 Å². The van der Waals surface area contributed by atoms with Crippen LogP contribution in [0, 0.1) is 0 Å². The van der Waals surface area contributed by atoms with Gasteiger partial charge in [-0.3, -0.25) is 9.80 Å².